The van der Waals surface area contributed by atoms with Gasteiger partial charge in [-0.1, -0.05) is 32.0 Å². The predicted octanol–water partition coefficient (Wildman–Crippen LogP) is 3.08. The van der Waals surface area contributed by atoms with Crippen LogP contribution in [0.2, 0.25) is 0 Å². The normalized spacial score (nSPS) is 13.8. The van der Waals surface area contributed by atoms with Gasteiger partial charge in [-0.05, 0) is 62.1 Å². The van der Waals surface area contributed by atoms with Crippen LogP contribution in [0, 0.1) is 0 Å². The van der Waals surface area contributed by atoms with Crippen molar-refractivity contribution in [3.05, 3.63) is 54.1 Å². The molecular formula is C24H34N3O3+. The molecule has 1 unspecified atom stereocenters. The van der Waals surface area contributed by atoms with E-state index < -0.39 is 0 Å². The molecule has 0 aromatic heterocycles. The number of likely N-dealkylation sites (N-methyl/N-ethyl adjacent to an activating group) is 1. The second-order valence-corrected chi connectivity index (χ2v) is 7.57. The van der Waals surface area contributed by atoms with Gasteiger partial charge in [0.05, 0.1) is 13.7 Å². The van der Waals surface area contributed by atoms with Gasteiger partial charge in [-0.2, -0.15) is 0 Å². The van der Waals surface area contributed by atoms with E-state index in [2.05, 4.69) is 30.5 Å². The highest BCUT2D eigenvalue weighted by Crippen LogP contribution is 2.26. The zero-order chi connectivity index (χ0) is 22.1. The molecule has 2 amide bonds. The summed E-state index contributed by atoms with van der Waals surface area (Å²) >= 11 is 0. The number of carbonyl (C=O) groups is 2. The van der Waals surface area contributed by atoms with Gasteiger partial charge in [-0.25, -0.2) is 0 Å². The summed E-state index contributed by atoms with van der Waals surface area (Å²) in [6, 6.07) is 14.7. The van der Waals surface area contributed by atoms with Crippen LogP contribution in [0.4, 0.5) is 11.4 Å². The van der Waals surface area contributed by atoms with Gasteiger partial charge in [0.15, 0.2) is 12.6 Å². The number of para-hydroxylation sites is 1. The topological polar surface area (TPSA) is 71.9 Å². The van der Waals surface area contributed by atoms with E-state index in [0.717, 1.165) is 28.3 Å². The zero-order valence-corrected chi connectivity index (χ0v) is 18.6. The van der Waals surface area contributed by atoms with Crippen molar-refractivity contribution in [3.63, 3.8) is 0 Å². The average molecular weight is 413 g/mol. The van der Waals surface area contributed by atoms with E-state index in [0.29, 0.717) is 18.2 Å². The fraction of sp³-hybridized carbons (Fsp3) is 0.417. The maximum absolute atomic E-state index is 12.9. The molecule has 0 spiro atoms. The van der Waals surface area contributed by atoms with Gasteiger partial charge in [0.2, 0.25) is 0 Å². The Balaban J connectivity index is 2.00. The van der Waals surface area contributed by atoms with E-state index in [1.165, 1.54) is 0 Å². The Hall–Kier alpha value is -2.86. The van der Waals surface area contributed by atoms with Crippen LogP contribution >= 0.6 is 0 Å². The van der Waals surface area contributed by atoms with Gasteiger partial charge in [0.25, 0.3) is 11.8 Å². The van der Waals surface area contributed by atoms with Gasteiger partial charge in [-0.3, -0.25) is 9.59 Å². The first kappa shape index (κ1) is 23.4. The lowest BCUT2D eigenvalue weighted by atomic mass is 9.97. The van der Waals surface area contributed by atoms with E-state index in [1.807, 2.05) is 32.0 Å². The van der Waals surface area contributed by atoms with Crippen LogP contribution in [0.3, 0.4) is 0 Å². The number of hydrogen-bond acceptors (Lipinski definition) is 3. The van der Waals surface area contributed by atoms with E-state index >= 15 is 0 Å². The van der Waals surface area contributed by atoms with Crippen LogP contribution in [0.1, 0.15) is 45.6 Å². The third-order valence-corrected chi connectivity index (χ3v) is 5.58. The minimum Gasteiger partial charge on any atom is -0.497 e. The molecule has 6 heteroatoms. The number of methoxy groups -OCH3 is 1. The van der Waals surface area contributed by atoms with Crippen molar-refractivity contribution in [2.45, 2.75) is 46.1 Å². The first-order valence-corrected chi connectivity index (χ1v) is 10.6. The number of quaternary nitrogens is 1. The highest BCUT2D eigenvalue weighted by molar-refractivity contribution is 5.95. The van der Waals surface area contributed by atoms with E-state index in [1.54, 1.807) is 31.4 Å². The van der Waals surface area contributed by atoms with Crippen LogP contribution in [0.25, 0.3) is 0 Å². The molecule has 30 heavy (non-hydrogen) atoms. The third-order valence-electron chi connectivity index (χ3n) is 5.58. The molecule has 0 radical (unpaired) electrons. The van der Waals surface area contributed by atoms with Gasteiger partial charge in [0.1, 0.15) is 5.75 Å². The van der Waals surface area contributed by atoms with Crippen molar-refractivity contribution in [2.75, 3.05) is 30.8 Å². The van der Waals surface area contributed by atoms with Crippen LogP contribution in [-0.2, 0) is 9.59 Å². The Morgan fingerprint density at radius 2 is 1.67 bits per heavy atom. The number of rotatable bonds is 10. The maximum Gasteiger partial charge on any atom is 0.282 e. The predicted molar refractivity (Wildman–Crippen MR) is 121 cm³/mol. The van der Waals surface area contributed by atoms with Crippen LogP contribution in [0.5, 0.6) is 5.75 Å². The largest absolute Gasteiger partial charge is 0.497 e. The Kier molecular flexibility index (Phi) is 8.87. The SMILES string of the molecule is CC[C@@H](C)c1ccccc1NC(=O)[C@H](C)[NH+](CC)CC(=O)Nc1ccc(OC)cc1. The number of nitrogens with one attached hydrogen (secondary N) is 3. The van der Waals surface area contributed by atoms with Crippen molar-refractivity contribution >= 4 is 23.2 Å². The third kappa shape index (κ3) is 6.32. The highest BCUT2D eigenvalue weighted by Gasteiger charge is 2.26. The maximum atomic E-state index is 12.9. The first-order valence-electron chi connectivity index (χ1n) is 10.6. The van der Waals surface area contributed by atoms with Crippen LogP contribution in [-0.4, -0.2) is 38.1 Å². The highest BCUT2D eigenvalue weighted by atomic mass is 16.5. The molecule has 0 saturated carbocycles. The fourth-order valence-electron chi connectivity index (χ4n) is 3.36. The zero-order valence-electron chi connectivity index (χ0n) is 18.6. The summed E-state index contributed by atoms with van der Waals surface area (Å²) in [7, 11) is 1.60. The molecule has 3 N–H and O–H groups in total. The van der Waals surface area contributed by atoms with Gasteiger partial charge >= 0.3 is 0 Å². The van der Waals surface area contributed by atoms with Crippen LogP contribution < -0.4 is 20.3 Å². The van der Waals surface area contributed by atoms with Crippen molar-refractivity contribution in [1.82, 2.24) is 0 Å². The lowest BCUT2D eigenvalue weighted by Crippen LogP contribution is -3.17. The Labute approximate surface area is 179 Å². The van der Waals surface area contributed by atoms with E-state index in [9.17, 15) is 9.59 Å². The standard InChI is InChI=1S/C24H33N3O3/c1-6-17(3)21-10-8-9-11-22(21)26-24(29)18(4)27(7-2)16-23(28)25-19-12-14-20(30-5)15-13-19/h8-15,17-18H,6-7,16H2,1-5H3,(H,25,28)(H,26,29)/p+1/t17-,18+/m1/s1. The number of amides is 2. The first-order chi connectivity index (χ1) is 14.4. The lowest BCUT2D eigenvalue weighted by Gasteiger charge is -2.24. The van der Waals surface area contributed by atoms with Gasteiger partial charge in [0, 0.05) is 11.4 Å². The van der Waals surface area contributed by atoms with Crippen molar-refractivity contribution in [2.24, 2.45) is 0 Å². The molecule has 2 rings (SSSR count). The number of anilines is 2. The molecule has 0 aliphatic heterocycles. The molecule has 2 aromatic carbocycles. The van der Waals surface area contributed by atoms with E-state index in [-0.39, 0.29) is 24.4 Å². The van der Waals surface area contributed by atoms with Crippen molar-refractivity contribution in [1.29, 1.82) is 0 Å². The number of ether oxygens (including phenoxy) is 1. The van der Waals surface area contributed by atoms with Crippen LogP contribution in [0.15, 0.2) is 48.5 Å². The fourth-order valence-corrected chi connectivity index (χ4v) is 3.36. The molecule has 2 aromatic rings. The molecule has 6 nitrogen and oxygen atoms in total. The Bertz CT molecular complexity index is 836. The quantitative estimate of drug-likeness (QED) is 0.562. The summed E-state index contributed by atoms with van der Waals surface area (Å²) in [4.78, 5) is 26.3. The molecule has 0 heterocycles. The molecular weight excluding hydrogens is 378 g/mol. The number of hydrogen-bond donors (Lipinski definition) is 3. The van der Waals surface area contributed by atoms with Crippen molar-refractivity contribution < 1.29 is 19.2 Å². The molecule has 3 atom stereocenters. The minimum atomic E-state index is -0.360. The summed E-state index contributed by atoms with van der Waals surface area (Å²) in [6.07, 6.45) is 1.00. The Morgan fingerprint density at radius 1 is 1.00 bits per heavy atom. The smallest absolute Gasteiger partial charge is 0.282 e. The summed E-state index contributed by atoms with van der Waals surface area (Å²) in [5.41, 5.74) is 2.69. The minimum absolute atomic E-state index is 0.0835. The number of carbonyl (C=O) groups excluding carboxylic acids is 2. The molecule has 0 aliphatic carbocycles. The van der Waals surface area contributed by atoms with E-state index in [4.69, 9.17) is 4.74 Å². The lowest BCUT2D eigenvalue weighted by molar-refractivity contribution is -0.904. The summed E-state index contributed by atoms with van der Waals surface area (Å²) in [5.74, 6) is 0.884. The van der Waals surface area contributed by atoms with Gasteiger partial charge < -0.3 is 20.3 Å². The second-order valence-electron chi connectivity index (χ2n) is 7.57. The molecule has 162 valence electrons. The Morgan fingerprint density at radius 3 is 2.27 bits per heavy atom. The molecule has 0 aliphatic rings. The average Bonchev–Trinajstić information content (AvgIpc) is 2.77. The van der Waals surface area contributed by atoms with Gasteiger partial charge in [-0.15, -0.1) is 0 Å². The monoisotopic (exact) mass is 412 g/mol. The molecule has 0 fully saturated rings. The molecule has 0 saturated heterocycles. The molecule has 0 bridgehead atoms. The van der Waals surface area contributed by atoms with Crippen molar-refractivity contribution in [3.8, 4) is 5.75 Å². The summed E-state index contributed by atoms with van der Waals surface area (Å²) in [5, 5.41) is 5.96. The number of benzene rings is 2. The summed E-state index contributed by atoms with van der Waals surface area (Å²) < 4.78 is 5.13. The second kappa shape index (κ2) is 11.4. The summed E-state index contributed by atoms with van der Waals surface area (Å²) in [6.45, 7) is 9.01.